The van der Waals surface area contributed by atoms with Gasteiger partial charge >= 0.3 is 0 Å². The largest absolute Gasteiger partial charge is 0.464 e. The first-order valence-electron chi connectivity index (χ1n) is 8.97. The Morgan fingerprint density at radius 3 is 2.85 bits per heavy atom. The summed E-state index contributed by atoms with van der Waals surface area (Å²) in [5.41, 5.74) is 7.21. The van der Waals surface area contributed by atoms with Gasteiger partial charge in [-0.3, -0.25) is 15.0 Å². The van der Waals surface area contributed by atoms with Crippen LogP contribution in [-0.4, -0.2) is 15.6 Å². The highest BCUT2D eigenvalue weighted by molar-refractivity contribution is 5.92. The fourth-order valence-corrected chi connectivity index (χ4v) is 3.78. The molecule has 6 nitrogen and oxygen atoms in total. The van der Waals surface area contributed by atoms with Crippen LogP contribution in [0.5, 0.6) is 0 Å². The van der Waals surface area contributed by atoms with Crippen LogP contribution in [0.3, 0.4) is 0 Å². The van der Waals surface area contributed by atoms with Crippen molar-refractivity contribution in [1.82, 2.24) is 9.66 Å². The summed E-state index contributed by atoms with van der Waals surface area (Å²) in [5.74, 6) is -0.294. The maximum absolute atomic E-state index is 12.5. The number of nitrogens with zero attached hydrogens (tertiary/aromatic N) is 2. The molecule has 0 spiro atoms. The molecule has 0 unspecified atom stereocenters. The van der Waals surface area contributed by atoms with E-state index in [2.05, 4.69) is 22.5 Å². The van der Waals surface area contributed by atoms with Gasteiger partial charge < -0.3 is 4.42 Å². The Kier molecular flexibility index (Phi) is 3.57. The molecule has 1 aliphatic carbocycles. The fraction of sp³-hybridized carbons (Fsp3) is 0.190. The summed E-state index contributed by atoms with van der Waals surface area (Å²) in [5, 5.41) is 1.43. The summed E-state index contributed by atoms with van der Waals surface area (Å²) < 4.78 is 6.78. The Morgan fingerprint density at radius 2 is 1.96 bits per heavy atom. The first kappa shape index (κ1) is 15.8. The van der Waals surface area contributed by atoms with Gasteiger partial charge in [-0.25, -0.2) is 9.66 Å². The Bertz CT molecular complexity index is 1250. The molecule has 0 saturated carbocycles. The third-order valence-electron chi connectivity index (χ3n) is 5.13. The van der Waals surface area contributed by atoms with E-state index in [0.717, 1.165) is 40.5 Å². The minimum atomic E-state index is -0.302. The zero-order valence-corrected chi connectivity index (χ0v) is 14.6. The van der Waals surface area contributed by atoms with E-state index in [9.17, 15) is 9.59 Å². The monoisotopic (exact) mass is 359 g/mol. The van der Waals surface area contributed by atoms with E-state index < -0.39 is 0 Å². The number of carbonyl (C=O) groups excluding carboxylic acids is 1. The van der Waals surface area contributed by atoms with Gasteiger partial charge in [0.05, 0.1) is 23.6 Å². The summed E-state index contributed by atoms with van der Waals surface area (Å²) >= 11 is 0. The zero-order chi connectivity index (χ0) is 18.4. The first-order chi connectivity index (χ1) is 13.2. The van der Waals surface area contributed by atoms with Crippen LogP contribution in [0.4, 0.5) is 0 Å². The van der Waals surface area contributed by atoms with E-state index in [1.807, 2.05) is 6.07 Å². The number of nitrogens with one attached hydrogen (secondary N) is 1. The molecule has 1 aliphatic rings. The second-order valence-electron chi connectivity index (χ2n) is 6.88. The van der Waals surface area contributed by atoms with Gasteiger partial charge in [-0.2, -0.15) is 0 Å². The lowest BCUT2D eigenvalue weighted by atomic mass is 10.0. The number of aromatic nitrogens is 2. The Hall–Kier alpha value is -3.41. The van der Waals surface area contributed by atoms with Crippen molar-refractivity contribution in [2.75, 3.05) is 5.43 Å². The highest BCUT2D eigenvalue weighted by Crippen LogP contribution is 2.30. The van der Waals surface area contributed by atoms with Crippen LogP contribution < -0.4 is 11.0 Å². The molecule has 0 radical (unpaired) electrons. The lowest BCUT2D eigenvalue weighted by molar-refractivity contribution is -0.116. The minimum Gasteiger partial charge on any atom is -0.464 e. The molecule has 4 aromatic rings. The molecule has 0 aliphatic heterocycles. The summed E-state index contributed by atoms with van der Waals surface area (Å²) in [7, 11) is 0. The molecule has 27 heavy (non-hydrogen) atoms. The molecule has 0 bridgehead atoms. The molecule has 2 aromatic carbocycles. The quantitative estimate of drug-likeness (QED) is 0.610. The molecule has 1 N–H and O–H groups in total. The molecule has 134 valence electrons. The van der Waals surface area contributed by atoms with Crippen molar-refractivity contribution < 1.29 is 9.21 Å². The van der Waals surface area contributed by atoms with Crippen molar-refractivity contribution in [2.45, 2.75) is 25.7 Å². The fourth-order valence-electron chi connectivity index (χ4n) is 3.78. The minimum absolute atomic E-state index is 0.130. The van der Waals surface area contributed by atoms with Gasteiger partial charge in [0.2, 0.25) is 5.91 Å². The Labute approximate surface area is 154 Å². The van der Waals surface area contributed by atoms with Gasteiger partial charge in [-0.05, 0) is 54.7 Å². The summed E-state index contributed by atoms with van der Waals surface area (Å²) in [4.78, 5) is 29.2. The van der Waals surface area contributed by atoms with Crippen LogP contribution in [0, 0.1) is 0 Å². The van der Waals surface area contributed by atoms with E-state index in [1.54, 1.807) is 24.5 Å². The zero-order valence-electron chi connectivity index (χ0n) is 14.6. The van der Waals surface area contributed by atoms with Crippen LogP contribution in [0.15, 0.2) is 58.2 Å². The lowest BCUT2D eigenvalue weighted by Gasteiger charge is -2.08. The molecule has 0 fully saturated rings. The second kappa shape index (κ2) is 6.09. The number of hydrogen-bond acceptors (Lipinski definition) is 4. The van der Waals surface area contributed by atoms with Crippen molar-refractivity contribution in [3.05, 3.63) is 76.0 Å². The predicted molar refractivity (Wildman–Crippen MR) is 102 cm³/mol. The molecule has 2 heterocycles. The van der Waals surface area contributed by atoms with Crippen LogP contribution in [-0.2, 0) is 24.1 Å². The van der Waals surface area contributed by atoms with Crippen LogP contribution in [0.1, 0.15) is 23.1 Å². The average Bonchev–Trinajstić information content (AvgIpc) is 3.29. The highest BCUT2D eigenvalue weighted by Gasteiger charge is 2.17. The smallest absolute Gasteiger partial charge is 0.280 e. The van der Waals surface area contributed by atoms with Gasteiger partial charge in [-0.1, -0.05) is 12.1 Å². The molecule has 2 aromatic heterocycles. The standard InChI is InChI=1S/C21H17N3O3/c25-20(23-24-12-22-18-7-2-1-6-16(18)21(24)26)10-15-11-27-19-9-14-5-3-4-13(14)8-17(15)19/h1-2,6-9,11-12H,3-5,10H2,(H,23,25). The Morgan fingerprint density at radius 1 is 1.15 bits per heavy atom. The van der Waals surface area contributed by atoms with E-state index in [0.29, 0.717) is 10.9 Å². The number of fused-ring (bicyclic) bond motifs is 3. The average molecular weight is 359 g/mol. The van der Waals surface area contributed by atoms with Crippen molar-refractivity contribution in [2.24, 2.45) is 0 Å². The molecular formula is C21H17N3O3. The third kappa shape index (κ3) is 2.70. The second-order valence-corrected chi connectivity index (χ2v) is 6.88. The van der Waals surface area contributed by atoms with Gasteiger partial charge in [0.1, 0.15) is 11.9 Å². The number of amides is 1. The van der Waals surface area contributed by atoms with Gasteiger partial charge in [-0.15, -0.1) is 0 Å². The third-order valence-corrected chi connectivity index (χ3v) is 5.13. The molecule has 0 saturated heterocycles. The number of benzene rings is 2. The number of para-hydroxylation sites is 1. The number of hydrogen-bond donors (Lipinski definition) is 1. The molecule has 5 rings (SSSR count). The molecule has 0 atom stereocenters. The van der Waals surface area contributed by atoms with Crippen molar-refractivity contribution in [3.63, 3.8) is 0 Å². The lowest BCUT2D eigenvalue weighted by Crippen LogP contribution is -2.34. The van der Waals surface area contributed by atoms with E-state index in [4.69, 9.17) is 4.42 Å². The van der Waals surface area contributed by atoms with Gasteiger partial charge in [0.15, 0.2) is 0 Å². The number of rotatable bonds is 3. The summed E-state index contributed by atoms with van der Waals surface area (Å²) in [6, 6.07) is 11.3. The number of furan rings is 1. The summed E-state index contributed by atoms with van der Waals surface area (Å²) in [6.07, 6.45) is 6.41. The van der Waals surface area contributed by atoms with E-state index in [-0.39, 0.29) is 17.9 Å². The number of aryl methyl sites for hydroxylation is 2. The maximum Gasteiger partial charge on any atom is 0.280 e. The first-order valence-corrected chi connectivity index (χ1v) is 8.97. The SMILES string of the molecule is O=C(Cc1coc2cc3c(cc12)CCC3)Nn1cnc2ccccc2c1=O. The van der Waals surface area contributed by atoms with Crippen molar-refractivity contribution >= 4 is 27.8 Å². The van der Waals surface area contributed by atoms with Crippen LogP contribution in [0.2, 0.25) is 0 Å². The predicted octanol–water partition coefficient (Wildman–Crippen LogP) is 2.94. The number of carbonyl (C=O) groups is 1. The van der Waals surface area contributed by atoms with Crippen molar-refractivity contribution in [1.29, 1.82) is 0 Å². The molecule has 6 heteroatoms. The summed E-state index contributed by atoms with van der Waals surface area (Å²) in [6.45, 7) is 0. The van der Waals surface area contributed by atoms with Gasteiger partial charge in [0, 0.05) is 10.9 Å². The van der Waals surface area contributed by atoms with Crippen LogP contribution in [0.25, 0.3) is 21.9 Å². The maximum atomic E-state index is 12.5. The normalized spacial score (nSPS) is 13.2. The topological polar surface area (TPSA) is 77.1 Å². The van der Waals surface area contributed by atoms with E-state index >= 15 is 0 Å². The van der Waals surface area contributed by atoms with Gasteiger partial charge in [0.25, 0.3) is 5.56 Å². The molecule has 1 amide bonds. The highest BCUT2D eigenvalue weighted by atomic mass is 16.3. The Balaban J connectivity index is 1.42. The van der Waals surface area contributed by atoms with E-state index in [1.165, 1.54) is 17.5 Å². The van der Waals surface area contributed by atoms with Crippen LogP contribution >= 0.6 is 0 Å². The molecular weight excluding hydrogens is 342 g/mol. The van der Waals surface area contributed by atoms with Crippen molar-refractivity contribution in [3.8, 4) is 0 Å².